The van der Waals surface area contributed by atoms with Crippen LogP contribution in [0.3, 0.4) is 0 Å². The van der Waals surface area contributed by atoms with Gasteiger partial charge in [-0.15, -0.1) is 0 Å². The Morgan fingerprint density at radius 1 is 0.727 bits per heavy atom. The zero-order valence-electron chi connectivity index (χ0n) is 19.7. The highest BCUT2D eigenvalue weighted by molar-refractivity contribution is 8.15. The van der Waals surface area contributed by atoms with Crippen LogP contribution in [0.25, 0.3) is 0 Å². The normalized spacial score (nSPS) is 15.0. The fourth-order valence-electron chi connectivity index (χ4n) is 5.22. The number of hydrogen-bond acceptors (Lipinski definition) is 5. The minimum Gasteiger partial charge on any atom is -0.456 e. The van der Waals surface area contributed by atoms with Crippen LogP contribution in [0, 0.1) is 0 Å². The number of thioether (sulfide) groups is 1. The van der Waals surface area contributed by atoms with Crippen molar-refractivity contribution in [2.75, 3.05) is 36.0 Å². The molecule has 0 fully saturated rings. The SMILES string of the molecule is CCN(CC)c1ccc2c(c1)Oc1cc(N(CC)CC)ccc1C21SC(=O)c2ccccc21. The third kappa shape index (κ3) is 3.24. The fraction of sp³-hybridized carbons (Fsp3) is 0.321. The fourth-order valence-corrected chi connectivity index (χ4v) is 6.64. The van der Waals surface area contributed by atoms with Gasteiger partial charge in [0, 0.05) is 66.4 Å². The standard InChI is InChI=1S/C28H30N2O2S/c1-5-29(6-2)19-13-15-23-25(17-19)32-26-18-20(30(7-3)8-4)14-16-24(26)28(23)22-12-10-9-11-21(22)27(31)33-28/h9-18H,5-8H2,1-4H3. The van der Waals surface area contributed by atoms with E-state index >= 15 is 0 Å². The summed E-state index contributed by atoms with van der Waals surface area (Å²) in [6.45, 7) is 12.4. The van der Waals surface area contributed by atoms with Crippen LogP contribution in [-0.2, 0) is 4.75 Å². The van der Waals surface area contributed by atoms with E-state index in [1.54, 1.807) is 0 Å². The first kappa shape index (κ1) is 21.9. The maximum atomic E-state index is 13.2. The average Bonchev–Trinajstić information content (AvgIpc) is 3.13. The van der Waals surface area contributed by atoms with Crippen molar-refractivity contribution in [1.82, 2.24) is 0 Å². The Morgan fingerprint density at radius 2 is 1.24 bits per heavy atom. The number of fused-ring (bicyclic) bond motifs is 6. The van der Waals surface area contributed by atoms with Crippen LogP contribution in [0.1, 0.15) is 54.7 Å². The van der Waals surface area contributed by atoms with Gasteiger partial charge in [-0.3, -0.25) is 4.79 Å². The number of hydrogen-bond donors (Lipinski definition) is 0. The molecule has 3 aromatic rings. The van der Waals surface area contributed by atoms with Crippen LogP contribution >= 0.6 is 11.8 Å². The van der Waals surface area contributed by atoms with Crippen LogP contribution in [0.5, 0.6) is 11.5 Å². The van der Waals surface area contributed by atoms with Crippen molar-refractivity contribution < 1.29 is 9.53 Å². The third-order valence-electron chi connectivity index (χ3n) is 6.94. The third-order valence-corrected chi connectivity index (χ3v) is 8.31. The Kier molecular flexibility index (Phi) is 5.61. The molecule has 5 heteroatoms. The number of benzene rings is 3. The van der Waals surface area contributed by atoms with E-state index in [0.29, 0.717) is 0 Å². The first-order valence-electron chi connectivity index (χ1n) is 11.9. The molecule has 5 rings (SSSR count). The highest BCUT2D eigenvalue weighted by Crippen LogP contribution is 2.62. The number of carbonyl (C=O) groups is 1. The molecule has 1 spiro atoms. The summed E-state index contributed by atoms with van der Waals surface area (Å²) in [6, 6.07) is 21.0. The smallest absolute Gasteiger partial charge is 0.221 e. The van der Waals surface area contributed by atoms with Crippen molar-refractivity contribution in [1.29, 1.82) is 0 Å². The minimum atomic E-state index is -0.597. The maximum absolute atomic E-state index is 13.2. The van der Waals surface area contributed by atoms with Gasteiger partial charge in [0.1, 0.15) is 16.2 Å². The molecule has 2 aliphatic heterocycles. The average molecular weight is 459 g/mol. The Balaban J connectivity index is 1.76. The lowest BCUT2D eigenvalue weighted by atomic mass is 9.80. The quantitative estimate of drug-likeness (QED) is 0.412. The lowest BCUT2D eigenvalue weighted by Gasteiger charge is -2.38. The summed E-state index contributed by atoms with van der Waals surface area (Å²) < 4.78 is 6.00. The van der Waals surface area contributed by atoms with E-state index in [0.717, 1.165) is 71.3 Å². The van der Waals surface area contributed by atoms with E-state index in [1.165, 1.54) is 11.8 Å². The molecule has 0 saturated heterocycles. The molecule has 3 aromatic carbocycles. The molecule has 2 aliphatic rings. The zero-order chi connectivity index (χ0) is 23.2. The summed E-state index contributed by atoms with van der Waals surface area (Å²) >= 11 is 1.41. The van der Waals surface area contributed by atoms with Crippen molar-refractivity contribution in [3.63, 3.8) is 0 Å². The van der Waals surface area contributed by atoms with E-state index in [2.05, 4.69) is 80.0 Å². The molecule has 0 N–H and O–H groups in total. The van der Waals surface area contributed by atoms with Crippen LogP contribution in [-0.4, -0.2) is 31.3 Å². The van der Waals surface area contributed by atoms with Gasteiger partial charge in [0.05, 0.1) is 0 Å². The molecule has 0 aromatic heterocycles. The lowest BCUT2D eigenvalue weighted by Crippen LogP contribution is -2.29. The summed E-state index contributed by atoms with van der Waals surface area (Å²) in [5.41, 5.74) is 6.22. The largest absolute Gasteiger partial charge is 0.456 e. The Bertz CT molecular complexity index is 1150. The van der Waals surface area contributed by atoms with Crippen LogP contribution in [0.15, 0.2) is 60.7 Å². The molecule has 170 valence electrons. The molecule has 2 heterocycles. The van der Waals surface area contributed by atoms with Crippen LogP contribution in [0.4, 0.5) is 11.4 Å². The summed E-state index contributed by atoms with van der Waals surface area (Å²) in [6.07, 6.45) is 0. The molecule has 0 atom stereocenters. The van der Waals surface area contributed by atoms with Gasteiger partial charge in [-0.25, -0.2) is 0 Å². The molecule has 0 radical (unpaired) electrons. The monoisotopic (exact) mass is 458 g/mol. The van der Waals surface area contributed by atoms with Gasteiger partial charge in [0.15, 0.2) is 0 Å². The number of carbonyl (C=O) groups excluding carboxylic acids is 1. The van der Waals surface area contributed by atoms with Gasteiger partial charge in [-0.2, -0.15) is 0 Å². The summed E-state index contributed by atoms with van der Waals surface area (Å²) in [7, 11) is 0. The first-order chi connectivity index (χ1) is 16.1. The summed E-state index contributed by atoms with van der Waals surface area (Å²) in [5.74, 6) is 1.67. The molecular weight excluding hydrogens is 428 g/mol. The van der Waals surface area contributed by atoms with Crippen molar-refractivity contribution in [3.8, 4) is 11.5 Å². The Labute approximate surface area is 200 Å². The number of anilines is 2. The summed E-state index contributed by atoms with van der Waals surface area (Å²) in [5, 5.41) is 0.116. The number of nitrogens with zero attached hydrogens (tertiary/aromatic N) is 2. The highest BCUT2D eigenvalue weighted by Gasteiger charge is 2.52. The van der Waals surface area contributed by atoms with Gasteiger partial charge in [0.2, 0.25) is 5.12 Å². The van der Waals surface area contributed by atoms with Gasteiger partial charge in [-0.1, -0.05) is 48.2 Å². The van der Waals surface area contributed by atoms with E-state index < -0.39 is 4.75 Å². The molecule has 4 nitrogen and oxygen atoms in total. The molecule has 0 unspecified atom stereocenters. The number of rotatable bonds is 6. The van der Waals surface area contributed by atoms with Crippen molar-refractivity contribution in [2.24, 2.45) is 0 Å². The van der Waals surface area contributed by atoms with E-state index in [9.17, 15) is 4.79 Å². The van der Waals surface area contributed by atoms with Crippen molar-refractivity contribution in [3.05, 3.63) is 82.9 Å². The predicted molar refractivity (Wildman–Crippen MR) is 138 cm³/mol. The van der Waals surface area contributed by atoms with Gasteiger partial charge < -0.3 is 14.5 Å². The molecule has 0 bridgehead atoms. The lowest BCUT2D eigenvalue weighted by molar-refractivity contribution is 0.109. The van der Waals surface area contributed by atoms with Crippen molar-refractivity contribution >= 4 is 28.3 Å². The van der Waals surface area contributed by atoms with E-state index in [-0.39, 0.29) is 5.12 Å². The maximum Gasteiger partial charge on any atom is 0.221 e. The van der Waals surface area contributed by atoms with Crippen LogP contribution < -0.4 is 14.5 Å². The second-order valence-corrected chi connectivity index (χ2v) is 9.61. The van der Waals surface area contributed by atoms with Gasteiger partial charge in [-0.05, 0) is 45.4 Å². The van der Waals surface area contributed by atoms with Gasteiger partial charge >= 0.3 is 0 Å². The molecule has 0 saturated carbocycles. The van der Waals surface area contributed by atoms with Crippen LogP contribution in [0.2, 0.25) is 0 Å². The molecule has 33 heavy (non-hydrogen) atoms. The second kappa shape index (κ2) is 8.45. The molecule has 0 aliphatic carbocycles. The predicted octanol–water partition coefficient (Wildman–Crippen LogP) is 6.66. The van der Waals surface area contributed by atoms with E-state index in [1.807, 2.05) is 18.2 Å². The zero-order valence-corrected chi connectivity index (χ0v) is 20.5. The number of ether oxygens (including phenoxy) is 1. The van der Waals surface area contributed by atoms with Crippen molar-refractivity contribution in [2.45, 2.75) is 32.4 Å². The molecule has 0 amide bonds. The van der Waals surface area contributed by atoms with Gasteiger partial charge in [0.25, 0.3) is 0 Å². The minimum absolute atomic E-state index is 0.116. The first-order valence-corrected chi connectivity index (χ1v) is 12.7. The van der Waals surface area contributed by atoms with E-state index in [4.69, 9.17) is 4.74 Å². The topological polar surface area (TPSA) is 32.8 Å². The second-order valence-electron chi connectivity index (χ2n) is 8.42. The molecular formula is C28H30N2O2S. The Morgan fingerprint density at radius 3 is 1.76 bits per heavy atom. The summed E-state index contributed by atoms with van der Waals surface area (Å²) in [4.78, 5) is 17.8. The highest BCUT2D eigenvalue weighted by atomic mass is 32.2. The Hall–Kier alpha value is -2.92.